The molecule has 0 N–H and O–H groups in total. The maximum Gasteiger partial charge on any atom is 0.220 e. The number of nitrogens with zero attached hydrogens (tertiary/aromatic N) is 5. The largest absolute Gasteiger partial charge is 0.283 e. The van der Waals surface area contributed by atoms with E-state index in [1.54, 1.807) is 11.3 Å². The zero-order valence-corrected chi connectivity index (χ0v) is 18.5. The molecule has 33 heavy (non-hydrogen) atoms. The van der Waals surface area contributed by atoms with Crippen LogP contribution in [0.25, 0.3) is 59.7 Å². The fourth-order valence-corrected chi connectivity index (χ4v) is 6.15. The summed E-state index contributed by atoms with van der Waals surface area (Å²) in [6, 6.07) is 30.0. The van der Waals surface area contributed by atoms with Gasteiger partial charge in [0.2, 0.25) is 5.78 Å². The first-order valence-corrected chi connectivity index (χ1v) is 11.8. The molecule has 0 aliphatic heterocycles. The van der Waals surface area contributed by atoms with Crippen molar-refractivity contribution >= 4 is 65.4 Å². The van der Waals surface area contributed by atoms with Crippen LogP contribution < -0.4 is 0 Å². The van der Waals surface area contributed by atoms with Crippen LogP contribution >= 0.6 is 11.3 Å². The Labute approximate surface area is 191 Å². The average molecular weight is 444 g/mol. The van der Waals surface area contributed by atoms with Crippen LogP contribution in [0.5, 0.6) is 0 Å². The number of para-hydroxylation sites is 4. The van der Waals surface area contributed by atoms with Gasteiger partial charge in [0.1, 0.15) is 0 Å². The quantitative estimate of drug-likeness (QED) is 0.281. The summed E-state index contributed by atoms with van der Waals surface area (Å²) < 4.78 is 8.02. The summed E-state index contributed by atoms with van der Waals surface area (Å²) in [7, 11) is 0. The number of hydrogen-bond acceptors (Lipinski definition) is 3. The van der Waals surface area contributed by atoms with Crippen LogP contribution in [-0.4, -0.2) is 23.3 Å². The number of rotatable bonds is 1. The molecule has 0 aliphatic carbocycles. The van der Waals surface area contributed by atoms with Crippen molar-refractivity contribution in [1.82, 2.24) is 23.3 Å². The molecular formula is C27H17N5S. The summed E-state index contributed by atoms with van der Waals surface area (Å²) in [4.78, 5) is 10.9. The molecule has 0 radical (unpaired) electrons. The Bertz CT molecular complexity index is 2050. The predicted molar refractivity (Wildman–Crippen MR) is 136 cm³/mol. The molecule has 0 saturated heterocycles. The summed E-state index contributed by atoms with van der Waals surface area (Å²) >= 11 is 1.73. The van der Waals surface area contributed by atoms with Gasteiger partial charge in [0.15, 0.2) is 4.96 Å². The highest BCUT2D eigenvalue weighted by Gasteiger charge is 2.18. The second kappa shape index (κ2) is 5.99. The lowest BCUT2D eigenvalue weighted by molar-refractivity contribution is 1.11. The number of aromatic nitrogens is 5. The Kier molecular flexibility index (Phi) is 3.16. The molecule has 5 nitrogen and oxygen atoms in total. The molecule has 156 valence electrons. The zero-order chi connectivity index (χ0) is 21.7. The molecule has 4 heterocycles. The van der Waals surface area contributed by atoms with E-state index >= 15 is 0 Å². The smallest absolute Gasteiger partial charge is 0.220 e. The fourth-order valence-electron chi connectivity index (χ4n) is 5.08. The molecule has 0 spiro atoms. The number of imidazole rings is 3. The van der Waals surface area contributed by atoms with Crippen LogP contribution in [0.1, 0.15) is 5.56 Å². The van der Waals surface area contributed by atoms with Gasteiger partial charge in [-0.1, -0.05) is 41.7 Å². The summed E-state index contributed by atoms with van der Waals surface area (Å²) in [5, 5.41) is 0. The van der Waals surface area contributed by atoms with Crippen molar-refractivity contribution in [2.45, 2.75) is 6.92 Å². The van der Waals surface area contributed by atoms with Crippen LogP contribution in [0.3, 0.4) is 0 Å². The molecule has 4 aromatic heterocycles. The van der Waals surface area contributed by atoms with Gasteiger partial charge in [0.05, 0.1) is 49.0 Å². The number of aryl methyl sites for hydroxylation is 1. The predicted octanol–water partition coefficient (Wildman–Crippen LogP) is 6.76. The molecule has 0 unspecified atom stereocenters. The van der Waals surface area contributed by atoms with E-state index in [9.17, 15) is 0 Å². The Morgan fingerprint density at radius 2 is 1.36 bits per heavy atom. The molecule has 6 heteroatoms. The SMILES string of the molecule is Cc1ccc2c(c1)n1c3ccccc3nc1n2-c1ccc2c(c1)sc1nc3ccccc3n12. The maximum atomic E-state index is 5.02. The Morgan fingerprint density at radius 1 is 0.636 bits per heavy atom. The standard InChI is InChI=1S/C27H17N5S/c1-16-10-12-22-24(14-16)31-20-8-4-2-6-18(20)28-26(31)30(22)17-11-13-23-25(15-17)33-27-29-19-7-3-5-9-21(19)32(23)27/h2-15H,1H3. The van der Waals surface area contributed by atoms with Gasteiger partial charge in [0.25, 0.3) is 0 Å². The Balaban J connectivity index is 1.48. The second-order valence-corrected chi connectivity index (χ2v) is 9.55. The summed E-state index contributed by atoms with van der Waals surface area (Å²) in [6.07, 6.45) is 0. The molecule has 4 aromatic carbocycles. The van der Waals surface area contributed by atoms with Gasteiger partial charge in [-0.15, -0.1) is 0 Å². The average Bonchev–Trinajstić information content (AvgIpc) is 3.54. The van der Waals surface area contributed by atoms with Crippen molar-refractivity contribution in [3.8, 4) is 5.69 Å². The Hall–Kier alpha value is -4.16. The molecular weight excluding hydrogens is 426 g/mol. The first-order valence-electron chi connectivity index (χ1n) is 10.9. The van der Waals surface area contributed by atoms with Crippen LogP contribution in [0.2, 0.25) is 0 Å². The third kappa shape index (κ3) is 2.20. The van der Waals surface area contributed by atoms with Gasteiger partial charge in [-0.2, -0.15) is 0 Å². The van der Waals surface area contributed by atoms with Gasteiger partial charge >= 0.3 is 0 Å². The van der Waals surface area contributed by atoms with Crippen molar-refractivity contribution in [1.29, 1.82) is 0 Å². The van der Waals surface area contributed by atoms with Crippen LogP contribution in [0.4, 0.5) is 0 Å². The molecule has 0 amide bonds. The normalized spacial score (nSPS) is 12.4. The van der Waals surface area contributed by atoms with E-state index in [1.165, 1.54) is 21.3 Å². The van der Waals surface area contributed by atoms with E-state index in [0.717, 1.165) is 44.0 Å². The lowest BCUT2D eigenvalue weighted by atomic mass is 10.2. The van der Waals surface area contributed by atoms with Crippen molar-refractivity contribution < 1.29 is 0 Å². The monoisotopic (exact) mass is 443 g/mol. The molecule has 8 aromatic rings. The maximum absolute atomic E-state index is 5.02. The highest BCUT2D eigenvalue weighted by molar-refractivity contribution is 7.23. The van der Waals surface area contributed by atoms with Gasteiger partial charge in [-0.05, 0) is 67.1 Å². The lowest BCUT2D eigenvalue weighted by Crippen LogP contribution is -1.95. The summed E-state index contributed by atoms with van der Waals surface area (Å²) in [5.74, 6) is 0.933. The fraction of sp³-hybridized carbons (Fsp3) is 0.0370. The zero-order valence-electron chi connectivity index (χ0n) is 17.7. The van der Waals surface area contributed by atoms with Gasteiger partial charge in [-0.3, -0.25) is 13.4 Å². The molecule has 0 aliphatic rings. The van der Waals surface area contributed by atoms with E-state index in [-0.39, 0.29) is 0 Å². The molecule has 0 bridgehead atoms. The van der Waals surface area contributed by atoms with Gasteiger partial charge in [-0.25, -0.2) is 9.97 Å². The molecule has 8 rings (SSSR count). The minimum absolute atomic E-state index is 0.933. The molecule has 0 atom stereocenters. The van der Waals surface area contributed by atoms with Crippen LogP contribution in [0, 0.1) is 6.92 Å². The number of fused-ring (bicyclic) bond motifs is 10. The third-order valence-corrected chi connectivity index (χ3v) is 7.53. The van der Waals surface area contributed by atoms with Crippen LogP contribution in [-0.2, 0) is 0 Å². The van der Waals surface area contributed by atoms with E-state index in [1.807, 2.05) is 12.1 Å². The molecule has 0 fully saturated rings. The van der Waals surface area contributed by atoms with Crippen molar-refractivity contribution in [3.63, 3.8) is 0 Å². The first-order chi connectivity index (χ1) is 16.3. The van der Waals surface area contributed by atoms with E-state index < -0.39 is 0 Å². The summed E-state index contributed by atoms with van der Waals surface area (Å²) in [5.41, 5.74) is 10.2. The second-order valence-electron chi connectivity index (χ2n) is 8.54. The highest BCUT2D eigenvalue weighted by Crippen LogP contribution is 2.34. The first kappa shape index (κ1) is 17.4. The van der Waals surface area contributed by atoms with Crippen molar-refractivity contribution in [3.05, 3.63) is 90.5 Å². The number of hydrogen-bond donors (Lipinski definition) is 0. The van der Waals surface area contributed by atoms with Crippen LogP contribution in [0.15, 0.2) is 84.9 Å². The Morgan fingerprint density at radius 3 is 2.21 bits per heavy atom. The van der Waals surface area contributed by atoms with Crippen molar-refractivity contribution in [2.24, 2.45) is 0 Å². The number of thiazole rings is 1. The van der Waals surface area contributed by atoms with Gasteiger partial charge in [0, 0.05) is 0 Å². The van der Waals surface area contributed by atoms with Crippen molar-refractivity contribution in [2.75, 3.05) is 0 Å². The van der Waals surface area contributed by atoms with Gasteiger partial charge < -0.3 is 0 Å². The molecule has 0 saturated carbocycles. The lowest BCUT2D eigenvalue weighted by Gasteiger charge is -2.06. The van der Waals surface area contributed by atoms with E-state index in [2.05, 4.69) is 93.1 Å². The van der Waals surface area contributed by atoms with E-state index in [4.69, 9.17) is 9.97 Å². The minimum Gasteiger partial charge on any atom is -0.283 e. The highest BCUT2D eigenvalue weighted by atomic mass is 32.1. The minimum atomic E-state index is 0.933. The van der Waals surface area contributed by atoms with E-state index in [0.29, 0.717) is 0 Å². The topological polar surface area (TPSA) is 39.5 Å². The number of benzene rings is 4. The third-order valence-electron chi connectivity index (χ3n) is 6.53. The summed E-state index contributed by atoms with van der Waals surface area (Å²) in [6.45, 7) is 2.14.